The highest BCUT2D eigenvalue weighted by atomic mass is 32.1. The number of imidazole rings is 1. The molecule has 0 aliphatic rings. The molecule has 1 rings (SSSR count). The molecule has 13 heavy (non-hydrogen) atoms. The molecule has 0 amide bonds. The normalized spacial score (nSPS) is 11.1. The molecule has 0 saturated carbocycles. The number of hydrogen-bond donors (Lipinski definition) is 1. The van der Waals surface area contributed by atoms with Gasteiger partial charge in [-0.1, -0.05) is 13.8 Å². The SMILES string of the molecule is Cc1cn(CCCC(C)C)c(=S)[nH]1. The fourth-order valence-corrected chi connectivity index (χ4v) is 1.71. The van der Waals surface area contributed by atoms with Gasteiger partial charge in [-0.15, -0.1) is 0 Å². The highest BCUT2D eigenvalue weighted by molar-refractivity contribution is 7.71. The molecule has 0 aliphatic carbocycles. The highest BCUT2D eigenvalue weighted by Crippen LogP contribution is 2.06. The fraction of sp³-hybridized carbons (Fsp3) is 0.700. The number of hydrogen-bond acceptors (Lipinski definition) is 1. The van der Waals surface area contributed by atoms with E-state index in [1.54, 1.807) is 0 Å². The summed E-state index contributed by atoms with van der Waals surface area (Å²) in [6.45, 7) is 7.58. The largest absolute Gasteiger partial charge is 0.335 e. The van der Waals surface area contributed by atoms with Crippen molar-refractivity contribution in [2.24, 2.45) is 5.92 Å². The predicted molar refractivity (Wildman–Crippen MR) is 58.4 cm³/mol. The summed E-state index contributed by atoms with van der Waals surface area (Å²) >= 11 is 5.16. The molecular formula is C10H18N2S. The first kappa shape index (κ1) is 10.5. The van der Waals surface area contributed by atoms with Gasteiger partial charge < -0.3 is 9.55 Å². The third-order valence-corrected chi connectivity index (χ3v) is 2.43. The predicted octanol–water partition coefficient (Wildman–Crippen LogP) is 3.29. The molecule has 74 valence electrons. The zero-order valence-electron chi connectivity index (χ0n) is 8.63. The number of aromatic nitrogens is 2. The fourth-order valence-electron chi connectivity index (χ4n) is 1.40. The van der Waals surface area contributed by atoms with Crippen LogP contribution in [0, 0.1) is 17.6 Å². The van der Waals surface area contributed by atoms with E-state index in [1.165, 1.54) is 12.8 Å². The van der Waals surface area contributed by atoms with Gasteiger partial charge in [0.15, 0.2) is 4.77 Å². The van der Waals surface area contributed by atoms with Crippen LogP contribution in [0.4, 0.5) is 0 Å². The van der Waals surface area contributed by atoms with E-state index in [9.17, 15) is 0 Å². The second kappa shape index (κ2) is 4.61. The Balaban J connectivity index is 2.45. The molecule has 1 heterocycles. The maximum atomic E-state index is 5.16. The Hall–Kier alpha value is -0.570. The summed E-state index contributed by atoms with van der Waals surface area (Å²) in [4.78, 5) is 3.12. The number of rotatable bonds is 4. The molecule has 0 fully saturated rings. The Labute approximate surface area is 85.0 Å². The van der Waals surface area contributed by atoms with Gasteiger partial charge in [0.2, 0.25) is 0 Å². The molecule has 2 nitrogen and oxygen atoms in total. The van der Waals surface area contributed by atoms with Gasteiger partial charge in [-0.2, -0.15) is 0 Å². The lowest BCUT2D eigenvalue weighted by molar-refractivity contribution is 0.510. The summed E-state index contributed by atoms with van der Waals surface area (Å²) in [5.41, 5.74) is 1.15. The highest BCUT2D eigenvalue weighted by Gasteiger charge is 1.97. The summed E-state index contributed by atoms with van der Waals surface area (Å²) < 4.78 is 2.97. The van der Waals surface area contributed by atoms with E-state index in [0.29, 0.717) is 0 Å². The van der Waals surface area contributed by atoms with Crippen LogP contribution in [-0.2, 0) is 6.54 Å². The number of aromatic amines is 1. The zero-order chi connectivity index (χ0) is 9.84. The summed E-state index contributed by atoms with van der Waals surface area (Å²) in [5, 5.41) is 0. The van der Waals surface area contributed by atoms with Crippen molar-refractivity contribution in [2.75, 3.05) is 0 Å². The van der Waals surface area contributed by atoms with E-state index in [-0.39, 0.29) is 0 Å². The zero-order valence-corrected chi connectivity index (χ0v) is 9.45. The smallest absolute Gasteiger partial charge is 0.177 e. The molecule has 1 N–H and O–H groups in total. The number of nitrogens with zero attached hydrogens (tertiary/aromatic N) is 1. The molecule has 0 aliphatic heterocycles. The first-order valence-corrected chi connectivity index (χ1v) is 5.26. The van der Waals surface area contributed by atoms with Crippen molar-refractivity contribution in [3.05, 3.63) is 16.7 Å². The van der Waals surface area contributed by atoms with E-state index in [0.717, 1.165) is 22.9 Å². The van der Waals surface area contributed by atoms with Crippen molar-refractivity contribution >= 4 is 12.2 Å². The minimum absolute atomic E-state index is 0.786. The van der Waals surface area contributed by atoms with Crippen molar-refractivity contribution in [1.29, 1.82) is 0 Å². The Bertz CT molecular complexity index is 309. The van der Waals surface area contributed by atoms with Gasteiger partial charge in [0.05, 0.1) is 0 Å². The van der Waals surface area contributed by atoms with Crippen LogP contribution in [0.1, 0.15) is 32.4 Å². The Kier molecular flexibility index (Phi) is 3.72. The first-order chi connectivity index (χ1) is 6.09. The lowest BCUT2D eigenvalue weighted by Gasteiger charge is -2.04. The minimum atomic E-state index is 0.786. The molecule has 0 bridgehead atoms. The average Bonchev–Trinajstić information content (AvgIpc) is 2.29. The van der Waals surface area contributed by atoms with Gasteiger partial charge in [0.25, 0.3) is 0 Å². The maximum Gasteiger partial charge on any atom is 0.177 e. The van der Waals surface area contributed by atoms with E-state index >= 15 is 0 Å². The Morgan fingerprint density at radius 2 is 2.23 bits per heavy atom. The molecule has 0 atom stereocenters. The van der Waals surface area contributed by atoms with Crippen molar-refractivity contribution in [1.82, 2.24) is 9.55 Å². The second-order valence-corrected chi connectivity index (χ2v) is 4.36. The molecule has 1 aromatic heterocycles. The van der Waals surface area contributed by atoms with Gasteiger partial charge in [0, 0.05) is 18.4 Å². The Morgan fingerprint density at radius 1 is 1.54 bits per heavy atom. The summed E-state index contributed by atoms with van der Waals surface area (Å²) in [7, 11) is 0. The monoisotopic (exact) mass is 198 g/mol. The third kappa shape index (κ3) is 3.35. The quantitative estimate of drug-likeness (QED) is 0.736. The van der Waals surface area contributed by atoms with Crippen LogP contribution in [-0.4, -0.2) is 9.55 Å². The average molecular weight is 198 g/mol. The molecule has 0 unspecified atom stereocenters. The van der Waals surface area contributed by atoms with Crippen molar-refractivity contribution < 1.29 is 0 Å². The topological polar surface area (TPSA) is 20.7 Å². The number of H-pyrrole nitrogens is 1. The molecule has 0 radical (unpaired) electrons. The van der Waals surface area contributed by atoms with E-state index < -0.39 is 0 Å². The Morgan fingerprint density at radius 3 is 2.69 bits per heavy atom. The molecule has 3 heteroatoms. The minimum Gasteiger partial charge on any atom is -0.335 e. The summed E-state index contributed by atoms with van der Waals surface area (Å²) in [6, 6.07) is 0. The summed E-state index contributed by atoms with van der Waals surface area (Å²) in [5.74, 6) is 0.786. The van der Waals surface area contributed by atoms with Crippen molar-refractivity contribution in [3.8, 4) is 0 Å². The molecule has 0 saturated heterocycles. The lowest BCUT2D eigenvalue weighted by Crippen LogP contribution is -1.98. The summed E-state index contributed by atoms with van der Waals surface area (Å²) in [6.07, 6.45) is 4.57. The first-order valence-electron chi connectivity index (χ1n) is 4.85. The van der Waals surface area contributed by atoms with Gasteiger partial charge in [-0.25, -0.2) is 0 Å². The molecule has 1 aromatic rings. The van der Waals surface area contributed by atoms with Crippen LogP contribution >= 0.6 is 12.2 Å². The van der Waals surface area contributed by atoms with Crippen LogP contribution in [0.3, 0.4) is 0 Å². The molecule has 0 aromatic carbocycles. The van der Waals surface area contributed by atoms with Crippen LogP contribution in [0.15, 0.2) is 6.20 Å². The third-order valence-electron chi connectivity index (χ3n) is 2.09. The van der Waals surface area contributed by atoms with Crippen LogP contribution < -0.4 is 0 Å². The number of aryl methyl sites for hydroxylation is 2. The standard InChI is InChI=1S/C10H18N2S/c1-8(2)5-4-6-12-7-9(3)11-10(12)13/h7-8H,4-6H2,1-3H3,(H,11,13). The number of nitrogens with one attached hydrogen (secondary N) is 1. The van der Waals surface area contributed by atoms with E-state index in [1.807, 2.05) is 6.92 Å². The van der Waals surface area contributed by atoms with Crippen LogP contribution in [0.25, 0.3) is 0 Å². The van der Waals surface area contributed by atoms with Gasteiger partial charge in [-0.3, -0.25) is 0 Å². The van der Waals surface area contributed by atoms with E-state index in [2.05, 4.69) is 29.6 Å². The van der Waals surface area contributed by atoms with Gasteiger partial charge >= 0.3 is 0 Å². The van der Waals surface area contributed by atoms with Gasteiger partial charge in [-0.05, 0) is 37.9 Å². The molecule has 0 spiro atoms. The lowest BCUT2D eigenvalue weighted by atomic mass is 10.1. The van der Waals surface area contributed by atoms with E-state index in [4.69, 9.17) is 12.2 Å². The van der Waals surface area contributed by atoms with Crippen molar-refractivity contribution in [3.63, 3.8) is 0 Å². The van der Waals surface area contributed by atoms with Gasteiger partial charge in [0.1, 0.15) is 0 Å². The maximum absolute atomic E-state index is 5.16. The molecular weight excluding hydrogens is 180 g/mol. The van der Waals surface area contributed by atoms with Crippen LogP contribution in [0.2, 0.25) is 0 Å². The van der Waals surface area contributed by atoms with Crippen molar-refractivity contribution in [2.45, 2.75) is 40.2 Å². The second-order valence-electron chi connectivity index (χ2n) is 3.97. The van der Waals surface area contributed by atoms with Crippen LogP contribution in [0.5, 0.6) is 0 Å².